The minimum Gasteiger partial charge on any atom is -0.309 e. The molecule has 1 heteroatoms. The van der Waals surface area contributed by atoms with Crippen molar-refractivity contribution in [2.45, 2.75) is 0 Å². The third-order valence-electron chi connectivity index (χ3n) is 10.9. The Morgan fingerprint density at radius 3 is 1.39 bits per heavy atom. The second kappa shape index (κ2) is 10.9. The molecule has 0 spiro atoms. The van der Waals surface area contributed by atoms with Gasteiger partial charge in [0.15, 0.2) is 0 Å². The van der Waals surface area contributed by atoms with Crippen molar-refractivity contribution in [1.82, 2.24) is 4.57 Å². The predicted molar refractivity (Wildman–Crippen MR) is 219 cm³/mol. The molecule has 11 rings (SSSR count). The molecule has 0 N–H and O–H groups in total. The van der Waals surface area contributed by atoms with Gasteiger partial charge in [-0.05, 0) is 94.8 Å². The van der Waals surface area contributed by atoms with Crippen LogP contribution in [0.2, 0.25) is 0 Å². The maximum Gasteiger partial charge on any atom is 0.0619 e. The summed E-state index contributed by atoms with van der Waals surface area (Å²) in [5, 5.41) is 15.6. The van der Waals surface area contributed by atoms with Crippen LogP contribution in [0, 0.1) is 0 Å². The van der Waals surface area contributed by atoms with Gasteiger partial charge in [0, 0.05) is 22.0 Å². The lowest BCUT2D eigenvalue weighted by Gasteiger charge is -2.17. The zero-order valence-electron chi connectivity index (χ0n) is 27.8. The van der Waals surface area contributed by atoms with Gasteiger partial charge >= 0.3 is 0 Å². The number of nitrogens with zero attached hydrogens (tertiary/aromatic N) is 1. The van der Waals surface area contributed by atoms with Gasteiger partial charge in [-0.2, -0.15) is 0 Å². The SMILES string of the molecule is c1ccc(-n2c3ccccc3c3cccc(-c4ccc(-c5ccc6c(c5)c5ccccc5c5c7ccccc7c7ccccc7c65)cc4)c32)cc1. The first-order chi connectivity index (χ1) is 25.3. The summed E-state index contributed by atoms with van der Waals surface area (Å²) in [6.45, 7) is 0. The number of fused-ring (bicyclic) bond motifs is 14. The predicted octanol–water partition coefficient (Wildman–Crippen LogP) is 13.9. The van der Waals surface area contributed by atoms with E-state index in [1.807, 2.05) is 0 Å². The molecule has 0 unspecified atom stereocenters. The van der Waals surface area contributed by atoms with Crippen molar-refractivity contribution < 1.29 is 0 Å². The number of hydrogen-bond acceptors (Lipinski definition) is 0. The average molecular weight is 646 g/mol. The van der Waals surface area contributed by atoms with Crippen LogP contribution in [-0.4, -0.2) is 4.57 Å². The van der Waals surface area contributed by atoms with Crippen molar-refractivity contribution in [2.75, 3.05) is 0 Å². The first-order valence-corrected chi connectivity index (χ1v) is 17.7. The van der Waals surface area contributed by atoms with Crippen molar-refractivity contribution in [3.8, 4) is 27.9 Å². The Bertz CT molecular complexity index is 3170. The second-order valence-electron chi connectivity index (χ2n) is 13.6. The highest BCUT2D eigenvalue weighted by molar-refractivity contribution is 6.39. The summed E-state index contributed by atoms with van der Waals surface area (Å²) >= 11 is 0. The number of rotatable bonds is 3. The summed E-state index contributed by atoms with van der Waals surface area (Å²) in [7, 11) is 0. The molecule has 11 aromatic rings. The van der Waals surface area contributed by atoms with E-state index in [9.17, 15) is 0 Å². The Hall–Kier alpha value is -6.70. The van der Waals surface area contributed by atoms with Crippen LogP contribution in [-0.2, 0) is 0 Å². The van der Waals surface area contributed by atoms with E-state index in [2.05, 4.69) is 193 Å². The lowest BCUT2D eigenvalue weighted by molar-refractivity contribution is 1.18. The van der Waals surface area contributed by atoms with Crippen LogP contribution in [0.15, 0.2) is 188 Å². The Morgan fingerprint density at radius 2 is 0.745 bits per heavy atom. The van der Waals surface area contributed by atoms with Crippen LogP contribution in [0.1, 0.15) is 0 Å². The highest BCUT2D eigenvalue weighted by atomic mass is 15.0. The molecular formula is C50H31N. The summed E-state index contributed by atoms with van der Waals surface area (Å²) in [5.41, 5.74) is 8.50. The molecule has 0 saturated heterocycles. The second-order valence-corrected chi connectivity index (χ2v) is 13.6. The summed E-state index contributed by atoms with van der Waals surface area (Å²) < 4.78 is 2.42. The van der Waals surface area contributed by atoms with Gasteiger partial charge in [-0.15, -0.1) is 0 Å². The summed E-state index contributed by atoms with van der Waals surface area (Å²) in [6.07, 6.45) is 0. The summed E-state index contributed by atoms with van der Waals surface area (Å²) in [4.78, 5) is 0. The van der Waals surface area contributed by atoms with Crippen LogP contribution >= 0.6 is 0 Å². The van der Waals surface area contributed by atoms with Crippen molar-refractivity contribution in [3.63, 3.8) is 0 Å². The van der Waals surface area contributed by atoms with Gasteiger partial charge in [-0.1, -0.05) is 164 Å². The van der Waals surface area contributed by atoms with Crippen LogP contribution in [0.3, 0.4) is 0 Å². The minimum atomic E-state index is 1.17. The van der Waals surface area contributed by atoms with E-state index in [0.717, 1.165) is 0 Å². The molecule has 0 aliphatic carbocycles. The van der Waals surface area contributed by atoms with Gasteiger partial charge in [-0.3, -0.25) is 0 Å². The number of benzene rings is 10. The molecule has 0 aliphatic heterocycles. The van der Waals surface area contributed by atoms with Gasteiger partial charge in [-0.25, -0.2) is 0 Å². The van der Waals surface area contributed by atoms with Gasteiger partial charge in [0.25, 0.3) is 0 Å². The van der Waals surface area contributed by atoms with Crippen molar-refractivity contribution >= 4 is 75.7 Å². The van der Waals surface area contributed by atoms with E-state index < -0.39 is 0 Å². The largest absolute Gasteiger partial charge is 0.309 e. The lowest BCUT2D eigenvalue weighted by Crippen LogP contribution is -1.95. The van der Waals surface area contributed by atoms with E-state index in [1.54, 1.807) is 0 Å². The number of hydrogen-bond donors (Lipinski definition) is 0. The fourth-order valence-electron chi connectivity index (χ4n) is 8.74. The van der Waals surface area contributed by atoms with E-state index in [0.29, 0.717) is 0 Å². The van der Waals surface area contributed by atoms with E-state index in [-0.39, 0.29) is 0 Å². The topological polar surface area (TPSA) is 4.93 Å². The average Bonchev–Trinajstić information content (AvgIpc) is 3.55. The smallest absolute Gasteiger partial charge is 0.0619 e. The lowest BCUT2D eigenvalue weighted by atomic mass is 9.86. The molecule has 1 nitrogen and oxygen atoms in total. The van der Waals surface area contributed by atoms with Crippen LogP contribution in [0.4, 0.5) is 0 Å². The normalized spacial score (nSPS) is 11.9. The highest BCUT2D eigenvalue weighted by Gasteiger charge is 2.18. The standard InChI is InChI=1S/C50H31N/c1-2-13-35(14-3-1)51-47-24-11-10-18-40(47)45-23-12-22-36(50(45)51)33-27-25-32(26-28-33)34-29-30-44-46(31-34)39-17-6-9-21-43(39)48-41-19-7-4-15-37(41)38-16-5-8-20-42(38)49(44)48/h1-31H. The molecule has 0 atom stereocenters. The highest BCUT2D eigenvalue weighted by Crippen LogP contribution is 2.45. The quantitative estimate of drug-likeness (QED) is 0.169. The molecule has 0 saturated carbocycles. The molecule has 0 bridgehead atoms. The van der Waals surface area contributed by atoms with Crippen molar-refractivity contribution in [3.05, 3.63) is 188 Å². The molecule has 1 aromatic heterocycles. The molecular weight excluding hydrogens is 615 g/mol. The molecule has 0 amide bonds. The minimum absolute atomic E-state index is 1.17. The first-order valence-electron chi connectivity index (χ1n) is 17.7. The Morgan fingerprint density at radius 1 is 0.275 bits per heavy atom. The summed E-state index contributed by atoms with van der Waals surface area (Å²) in [5.74, 6) is 0. The number of para-hydroxylation sites is 3. The number of aromatic nitrogens is 1. The van der Waals surface area contributed by atoms with E-state index in [4.69, 9.17) is 0 Å². The molecule has 51 heavy (non-hydrogen) atoms. The molecule has 1 heterocycles. The van der Waals surface area contributed by atoms with E-state index in [1.165, 1.54) is 104 Å². The monoisotopic (exact) mass is 645 g/mol. The third kappa shape index (κ3) is 4.09. The van der Waals surface area contributed by atoms with Gasteiger partial charge in [0.1, 0.15) is 0 Å². The van der Waals surface area contributed by atoms with Gasteiger partial charge in [0.05, 0.1) is 11.0 Å². The third-order valence-corrected chi connectivity index (χ3v) is 10.9. The molecule has 0 radical (unpaired) electrons. The molecule has 0 aliphatic rings. The van der Waals surface area contributed by atoms with Crippen LogP contribution < -0.4 is 0 Å². The maximum atomic E-state index is 2.42. The maximum absolute atomic E-state index is 2.42. The fourth-order valence-corrected chi connectivity index (χ4v) is 8.74. The molecule has 236 valence electrons. The van der Waals surface area contributed by atoms with Gasteiger partial charge < -0.3 is 4.57 Å². The Kier molecular flexibility index (Phi) is 6.02. The molecule has 10 aromatic carbocycles. The Balaban J connectivity index is 1.12. The van der Waals surface area contributed by atoms with Crippen molar-refractivity contribution in [1.29, 1.82) is 0 Å². The van der Waals surface area contributed by atoms with Gasteiger partial charge in [0.2, 0.25) is 0 Å². The Labute approximate surface area is 295 Å². The summed E-state index contributed by atoms with van der Waals surface area (Å²) in [6, 6.07) is 69.1. The van der Waals surface area contributed by atoms with E-state index >= 15 is 0 Å². The fraction of sp³-hybridized carbons (Fsp3) is 0. The first kappa shape index (κ1) is 28.2. The zero-order valence-corrected chi connectivity index (χ0v) is 27.8. The van der Waals surface area contributed by atoms with Crippen LogP contribution in [0.5, 0.6) is 0 Å². The van der Waals surface area contributed by atoms with Crippen LogP contribution in [0.25, 0.3) is 104 Å². The zero-order chi connectivity index (χ0) is 33.5. The molecule has 0 fully saturated rings. The van der Waals surface area contributed by atoms with Crippen molar-refractivity contribution in [2.24, 2.45) is 0 Å².